The Morgan fingerprint density at radius 3 is 2.15 bits per heavy atom. The molecule has 3 unspecified atom stereocenters. The minimum absolute atomic E-state index is 0.982. The average molecular weight is 182 g/mol. The van der Waals surface area contributed by atoms with Crippen LogP contribution in [0.1, 0.15) is 65.7 Å². The van der Waals surface area contributed by atoms with E-state index in [1.165, 1.54) is 44.9 Å². The zero-order valence-corrected chi connectivity index (χ0v) is 9.68. The lowest BCUT2D eigenvalue weighted by Gasteiger charge is -2.21. The molecule has 13 heavy (non-hydrogen) atoms. The van der Waals surface area contributed by atoms with Crippen molar-refractivity contribution in [2.24, 2.45) is 17.8 Å². The molecule has 0 aromatic heterocycles. The van der Waals surface area contributed by atoms with Crippen LogP contribution in [0.2, 0.25) is 0 Å². The smallest absolute Gasteiger partial charge is 0.0391 e. The third kappa shape index (κ3) is 3.70. The van der Waals surface area contributed by atoms with Gasteiger partial charge in [0.25, 0.3) is 0 Å². The number of rotatable bonds is 1. The van der Waals surface area contributed by atoms with Gasteiger partial charge in [-0.3, -0.25) is 0 Å². The molecule has 1 rings (SSSR count). The van der Waals surface area contributed by atoms with Crippen molar-refractivity contribution in [3.8, 4) is 0 Å². The van der Waals surface area contributed by atoms with Crippen molar-refractivity contribution >= 4 is 0 Å². The predicted molar refractivity (Wildman–Crippen MR) is 59.8 cm³/mol. The third-order valence-corrected chi connectivity index (χ3v) is 3.96. The second-order valence-corrected chi connectivity index (χ2v) is 5.11. The van der Waals surface area contributed by atoms with Crippen LogP contribution in [0.4, 0.5) is 0 Å². The Bertz CT molecular complexity index is 128. The van der Waals surface area contributed by atoms with Gasteiger partial charge < -0.3 is 0 Å². The normalized spacial score (nSPS) is 37.6. The zero-order chi connectivity index (χ0) is 9.68. The highest BCUT2D eigenvalue weighted by atomic mass is 14.2. The summed E-state index contributed by atoms with van der Waals surface area (Å²) >= 11 is 0. The van der Waals surface area contributed by atoms with E-state index in [2.05, 4.69) is 20.8 Å². The van der Waals surface area contributed by atoms with E-state index in [1.54, 1.807) is 0 Å². The lowest BCUT2D eigenvalue weighted by atomic mass is 9.85. The van der Waals surface area contributed by atoms with Gasteiger partial charge in [0.15, 0.2) is 0 Å². The standard InChI is InChI=1S/C13H26/c1-4-13-10-6-8-11(2)7-5-9-12(13)3/h11-13H,4-10H2,1-3H3. The second-order valence-electron chi connectivity index (χ2n) is 5.11. The Labute approximate surface area is 84.1 Å². The molecular formula is C13H26. The Hall–Kier alpha value is 0. The fourth-order valence-corrected chi connectivity index (χ4v) is 2.79. The first-order valence-electron chi connectivity index (χ1n) is 6.24. The van der Waals surface area contributed by atoms with Gasteiger partial charge in [0.2, 0.25) is 0 Å². The molecule has 0 saturated heterocycles. The fourth-order valence-electron chi connectivity index (χ4n) is 2.79. The van der Waals surface area contributed by atoms with Crippen molar-refractivity contribution in [2.45, 2.75) is 65.7 Å². The Balaban J connectivity index is 2.41. The van der Waals surface area contributed by atoms with Crippen LogP contribution in [-0.4, -0.2) is 0 Å². The van der Waals surface area contributed by atoms with E-state index in [0.717, 1.165) is 17.8 Å². The van der Waals surface area contributed by atoms with Crippen molar-refractivity contribution in [1.29, 1.82) is 0 Å². The van der Waals surface area contributed by atoms with Gasteiger partial charge in [-0.05, 0) is 17.8 Å². The summed E-state index contributed by atoms with van der Waals surface area (Å²) in [6.07, 6.45) is 10.3. The van der Waals surface area contributed by atoms with Crippen LogP contribution in [0, 0.1) is 17.8 Å². The summed E-state index contributed by atoms with van der Waals surface area (Å²) in [7, 11) is 0. The highest BCUT2D eigenvalue weighted by Crippen LogP contribution is 2.30. The summed E-state index contributed by atoms with van der Waals surface area (Å²) < 4.78 is 0. The van der Waals surface area contributed by atoms with E-state index in [-0.39, 0.29) is 0 Å². The van der Waals surface area contributed by atoms with Crippen LogP contribution < -0.4 is 0 Å². The van der Waals surface area contributed by atoms with E-state index < -0.39 is 0 Å². The molecular weight excluding hydrogens is 156 g/mol. The van der Waals surface area contributed by atoms with Crippen molar-refractivity contribution in [3.63, 3.8) is 0 Å². The molecule has 0 aliphatic heterocycles. The number of hydrogen-bond donors (Lipinski definition) is 0. The van der Waals surface area contributed by atoms with Gasteiger partial charge in [0, 0.05) is 0 Å². The first kappa shape index (κ1) is 11.1. The van der Waals surface area contributed by atoms with Crippen molar-refractivity contribution in [2.75, 3.05) is 0 Å². The van der Waals surface area contributed by atoms with Crippen LogP contribution in [-0.2, 0) is 0 Å². The van der Waals surface area contributed by atoms with E-state index in [1.807, 2.05) is 0 Å². The average Bonchev–Trinajstić information content (AvgIpc) is 2.18. The van der Waals surface area contributed by atoms with Crippen molar-refractivity contribution < 1.29 is 0 Å². The molecule has 0 heterocycles. The van der Waals surface area contributed by atoms with Crippen LogP contribution in [0.15, 0.2) is 0 Å². The summed E-state index contributed by atoms with van der Waals surface area (Å²) in [6.45, 7) is 7.25. The second kappa shape index (κ2) is 5.67. The summed E-state index contributed by atoms with van der Waals surface area (Å²) in [5.41, 5.74) is 0. The van der Waals surface area contributed by atoms with Gasteiger partial charge in [-0.2, -0.15) is 0 Å². The first-order valence-corrected chi connectivity index (χ1v) is 6.24. The van der Waals surface area contributed by atoms with E-state index >= 15 is 0 Å². The molecule has 0 bridgehead atoms. The first-order chi connectivity index (χ1) is 6.24. The highest BCUT2D eigenvalue weighted by molar-refractivity contribution is 4.69. The van der Waals surface area contributed by atoms with Gasteiger partial charge in [-0.1, -0.05) is 65.7 Å². The predicted octanol–water partition coefficient (Wildman–Crippen LogP) is 4.64. The van der Waals surface area contributed by atoms with Gasteiger partial charge in [0.1, 0.15) is 0 Å². The summed E-state index contributed by atoms with van der Waals surface area (Å²) in [6, 6.07) is 0. The van der Waals surface area contributed by atoms with E-state index in [0.29, 0.717) is 0 Å². The minimum atomic E-state index is 0.982. The SMILES string of the molecule is CCC1CCCC(C)CCCC1C. The monoisotopic (exact) mass is 182 g/mol. The molecule has 1 fully saturated rings. The molecule has 0 N–H and O–H groups in total. The van der Waals surface area contributed by atoms with Gasteiger partial charge in [0.05, 0.1) is 0 Å². The Morgan fingerprint density at radius 2 is 1.54 bits per heavy atom. The molecule has 0 nitrogen and oxygen atoms in total. The minimum Gasteiger partial charge on any atom is -0.0651 e. The van der Waals surface area contributed by atoms with Gasteiger partial charge in [-0.15, -0.1) is 0 Å². The molecule has 0 aromatic rings. The summed E-state index contributed by atoms with van der Waals surface area (Å²) in [5, 5.41) is 0. The van der Waals surface area contributed by atoms with Gasteiger partial charge in [-0.25, -0.2) is 0 Å². The van der Waals surface area contributed by atoms with Crippen molar-refractivity contribution in [3.05, 3.63) is 0 Å². The molecule has 1 saturated carbocycles. The Morgan fingerprint density at radius 1 is 0.923 bits per heavy atom. The molecule has 1 aliphatic rings. The maximum absolute atomic E-state index is 2.46. The van der Waals surface area contributed by atoms with Crippen LogP contribution in [0.25, 0.3) is 0 Å². The lowest BCUT2D eigenvalue weighted by molar-refractivity contribution is 0.304. The summed E-state index contributed by atoms with van der Waals surface area (Å²) in [4.78, 5) is 0. The molecule has 78 valence electrons. The zero-order valence-electron chi connectivity index (χ0n) is 9.68. The van der Waals surface area contributed by atoms with Crippen LogP contribution >= 0.6 is 0 Å². The largest absolute Gasteiger partial charge is 0.0651 e. The fraction of sp³-hybridized carbons (Fsp3) is 1.00. The van der Waals surface area contributed by atoms with Crippen molar-refractivity contribution in [1.82, 2.24) is 0 Å². The maximum atomic E-state index is 2.46. The highest BCUT2D eigenvalue weighted by Gasteiger charge is 2.17. The van der Waals surface area contributed by atoms with Crippen LogP contribution in [0.5, 0.6) is 0 Å². The third-order valence-electron chi connectivity index (χ3n) is 3.96. The number of hydrogen-bond acceptors (Lipinski definition) is 0. The molecule has 0 spiro atoms. The molecule has 0 heteroatoms. The van der Waals surface area contributed by atoms with Crippen LogP contribution in [0.3, 0.4) is 0 Å². The molecule has 0 aromatic carbocycles. The van der Waals surface area contributed by atoms with E-state index in [4.69, 9.17) is 0 Å². The maximum Gasteiger partial charge on any atom is -0.0391 e. The quantitative estimate of drug-likeness (QED) is 0.554. The lowest BCUT2D eigenvalue weighted by Crippen LogP contribution is -2.10. The Kier molecular flexibility index (Phi) is 4.83. The molecule has 0 radical (unpaired) electrons. The molecule has 1 aliphatic carbocycles. The summed E-state index contributed by atoms with van der Waals surface area (Å²) in [5.74, 6) is 2.99. The topological polar surface area (TPSA) is 0 Å². The van der Waals surface area contributed by atoms with Gasteiger partial charge >= 0.3 is 0 Å². The van der Waals surface area contributed by atoms with E-state index in [9.17, 15) is 0 Å². The molecule has 3 atom stereocenters. The molecule has 0 amide bonds.